The molecule has 0 aliphatic heterocycles. The van der Waals surface area contributed by atoms with E-state index in [9.17, 15) is 9.13 Å². The third-order valence-corrected chi connectivity index (χ3v) is 2.55. The Labute approximate surface area is 61.9 Å². The SMILES string of the molecule is N=C(CP(=O)(O)O)P(=O)(O)O. The summed E-state index contributed by atoms with van der Waals surface area (Å²) < 4.78 is 20.2. The van der Waals surface area contributed by atoms with Crippen molar-refractivity contribution in [3.8, 4) is 0 Å². The molecule has 0 aromatic heterocycles. The molecule has 0 unspecified atom stereocenters. The predicted octanol–water partition coefficient (Wildman–Crippen LogP) is -0.681. The molecule has 66 valence electrons. The van der Waals surface area contributed by atoms with Gasteiger partial charge in [0, 0.05) is 0 Å². The maximum absolute atomic E-state index is 10.1. The Morgan fingerprint density at radius 2 is 1.55 bits per heavy atom. The van der Waals surface area contributed by atoms with Crippen LogP contribution in [0.25, 0.3) is 0 Å². The molecule has 0 saturated carbocycles. The molecule has 0 aromatic rings. The molecule has 0 bridgehead atoms. The minimum absolute atomic E-state index is 1.20. The summed E-state index contributed by atoms with van der Waals surface area (Å²) in [5.74, 6) is 0. The van der Waals surface area contributed by atoms with Crippen molar-refractivity contribution in [3.05, 3.63) is 0 Å². The zero-order valence-corrected chi connectivity index (χ0v) is 7.00. The van der Waals surface area contributed by atoms with Gasteiger partial charge in [0.2, 0.25) is 0 Å². The highest BCUT2D eigenvalue weighted by Crippen LogP contribution is 2.44. The van der Waals surface area contributed by atoms with Crippen LogP contribution in [0.5, 0.6) is 0 Å². The van der Waals surface area contributed by atoms with E-state index < -0.39 is 26.8 Å². The van der Waals surface area contributed by atoms with Gasteiger partial charge in [-0.25, -0.2) is 0 Å². The van der Waals surface area contributed by atoms with E-state index in [0.29, 0.717) is 0 Å². The Morgan fingerprint density at radius 1 is 1.18 bits per heavy atom. The van der Waals surface area contributed by atoms with Crippen molar-refractivity contribution in [2.75, 3.05) is 6.16 Å². The molecule has 0 spiro atoms. The topological polar surface area (TPSA) is 139 Å². The summed E-state index contributed by atoms with van der Waals surface area (Å²) in [7, 11) is -9.30. The van der Waals surface area contributed by atoms with Gasteiger partial charge < -0.3 is 19.6 Å². The minimum Gasteiger partial charge on any atom is -0.324 e. The molecule has 0 amide bonds. The Bertz CT molecular complexity index is 247. The molecule has 0 heterocycles. The van der Waals surface area contributed by atoms with Crippen LogP contribution >= 0.6 is 15.2 Å². The fourth-order valence-corrected chi connectivity index (χ4v) is 1.97. The molecule has 11 heavy (non-hydrogen) atoms. The van der Waals surface area contributed by atoms with Crippen LogP contribution in [0.4, 0.5) is 0 Å². The van der Waals surface area contributed by atoms with E-state index in [-0.39, 0.29) is 0 Å². The van der Waals surface area contributed by atoms with Crippen LogP contribution < -0.4 is 0 Å². The smallest absolute Gasteiger partial charge is 0.324 e. The first-order valence-corrected chi connectivity index (χ1v) is 5.72. The fourth-order valence-electron chi connectivity index (χ4n) is 0.287. The molecule has 7 nitrogen and oxygen atoms in total. The van der Waals surface area contributed by atoms with E-state index >= 15 is 0 Å². The summed E-state index contributed by atoms with van der Waals surface area (Å²) >= 11 is 0. The quantitative estimate of drug-likeness (QED) is 0.304. The summed E-state index contributed by atoms with van der Waals surface area (Å²) in [5, 5.41) is 6.54. The maximum atomic E-state index is 10.1. The van der Waals surface area contributed by atoms with E-state index in [1.165, 1.54) is 0 Å². The fraction of sp³-hybridized carbons (Fsp3) is 0.500. The van der Waals surface area contributed by atoms with Crippen molar-refractivity contribution >= 4 is 20.6 Å². The molecule has 9 heteroatoms. The predicted molar refractivity (Wildman–Crippen MR) is 36.7 cm³/mol. The monoisotopic (exact) mass is 203 g/mol. The van der Waals surface area contributed by atoms with Crippen LogP contribution in [0.3, 0.4) is 0 Å². The highest BCUT2D eigenvalue weighted by atomic mass is 31.2. The summed E-state index contributed by atoms with van der Waals surface area (Å²) in [6.07, 6.45) is -1.20. The standard InChI is InChI=1S/C2H7NO6P2/c3-2(11(7,8)9)1-10(4,5)6/h3H,1H2,(H2,4,5,6)(H2,7,8,9). The van der Waals surface area contributed by atoms with Gasteiger partial charge in [-0.05, 0) is 0 Å². The van der Waals surface area contributed by atoms with E-state index in [1.807, 2.05) is 0 Å². The van der Waals surface area contributed by atoms with Crippen molar-refractivity contribution < 1.29 is 28.7 Å². The molecule has 5 N–H and O–H groups in total. The third-order valence-electron chi connectivity index (χ3n) is 0.707. The van der Waals surface area contributed by atoms with Crippen LogP contribution in [-0.4, -0.2) is 31.2 Å². The third kappa shape index (κ3) is 5.26. The Morgan fingerprint density at radius 3 is 1.64 bits per heavy atom. The average molecular weight is 203 g/mol. The van der Waals surface area contributed by atoms with Gasteiger partial charge in [0.15, 0.2) is 0 Å². The molecular weight excluding hydrogens is 196 g/mol. The van der Waals surface area contributed by atoms with Crippen molar-refractivity contribution in [1.29, 1.82) is 5.41 Å². The summed E-state index contributed by atoms with van der Waals surface area (Å²) in [5.41, 5.74) is -1.24. The van der Waals surface area contributed by atoms with Crippen LogP contribution in [0.2, 0.25) is 0 Å². The molecule has 0 saturated heterocycles. The molecule has 0 aromatic carbocycles. The second kappa shape index (κ2) is 3.15. The van der Waals surface area contributed by atoms with Crippen molar-refractivity contribution in [3.63, 3.8) is 0 Å². The van der Waals surface area contributed by atoms with E-state index in [1.54, 1.807) is 0 Å². The largest absolute Gasteiger partial charge is 0.370 e. The highest BCUT2D eigenvalue weighted by Gasteiger charge is 2.28. The zero-order chi connectivity index (χ0) is 9.28. The second-order valence-corrected chi connectivity index (χ2v) is 5.09. The van der Waals surface area contributed by atoms with E-state index in [4.69, 9.17) is 25.0 Å². The molecule has 0 aliphatic carbocycles. The molecule has 0 fully saturated rings. The van der Waals surface area contributed by atoms with Gasteiger partial charge in [0.1, 0.15) is 5.45 Å². The molecule has 0 atom stereocenters. The number of nitrogens with one attached hydrogen (secondary N) is 1. The molecule has 0 rings (SSSR count). The molecule has 0 radical (unpaired) electrons. The van der Waals surface area contributed by atoms with E-state index in [0.717, 1.165) is 0 Å². The summed E-state index contributed by atoms with van der Waals surface area (Å²) in [4.78, 5) is 32.7. The Balaban J connectivity index is 4.35. The van der Waals surface area contributed by atoms with Gasteiger partial charge in [0.25, 0.3) is 0 Å². The highest BCUT2D eigenvalue weighted by molar-refractivity contribution is 7.73. The Kier molecular flexibility index (Phi) is 3.14. The van der Waals surface area contributed by atoms with Crippen molar-refractivity contribution in [1.82, 2.24) is 0 Å². The lowest BCUT2D eigenvalue weighted by Gasteiger charge is -2.06. The first-order valence-electron chi connectivity index (χ1n) is 2.31. The lowest BCUT2D eigenvalue weighted by molar-refractivity contribution is 0.374. The van der Waals surface area contributed by atoms with Crippen molar-refractivity contribution in [2.45, 2.75) is 0 Å². The van der Waals surface area contributed by atoms with Gasteiger partial charge in [-0.15, -0.1) is 0 Å². The zero-order valence-electron chi connectivity index (χ0n) is 5.21. The summed E-state index contributed by atoms with van der Waals surface area (Å²) in [6, 6.07) is 0. The first-order chi connectivity index (χ1) is 4.63. The van der Waals surface area contributed by atoms with Crippen LogP contribution in [0, 0.1) is 5.41 Å². The van der Waals surface area contributed by atoms with E-state index in [2.05, 4.69) is 0 Å². The minimum atomic E-state index is -4.76. The van der Waals surface area contributed by atoms with Gasteiger partial charge >= 0.3 is 15.2 Å². The molecule has 0 aliphatic rings. The number of rotatable bonds is 3. The van der Waals surface area contributed by atoms with Crippen LogP contribution in [0.1, 0.15) is 0 Å². The normalized spacial score (nSPS) is 13.1. The van der Waals surface area contributed by atoms with Crippen molar-refractivity contribution in [2.24, 2.45) is 0 Å². The first kappa shape index (κ1) is 11.0. The lowest BCUT2D eigenvalue weighted by atomic mass is 10.9. The Hall–Kier alpha value is -0.0300. The second-order valence-electron chi connectivity index (χ2n) is 1.81. The van der Waals surface area contributed by atoms with Crippen LogP contribution in [0.15, 0.2) is 0 Å². The van der Waals surface area contributed by atoms with Crippen LogP contribution in [-0.2, 0) is 9.13 Å². The van der Waals surface area contributed by atoms with Gasteiger partial charge in [0.05, 0.1) is 6.16 Å². The number of hydrogen-bond acceptors (Lipinski definition) is 3. The summed E-state index contributed by atoms with van der Waals surface area (Å²) in [6.45, 7) is 0. The van der Waals surface area contributed by atoms with Gasteiger partial charge in [-0.1, -0.05) is 0 Å². The van der Waals surface area contributed by atoms with Gasteiger partial charge in [-0.2, -0.15) is 0 Å². The maximum Gasteiger partial charge on any atom is 0.370 e. The lowest BCUT2D eigenvalue weighted by Crippen LogP contribution is -2.04. The number of hydrogen-bond donors (Lipinski definition) is 5. The van der Waals surface area contributed by atoms with Gasteiger partial charge in [-0.3, -0.25) is 14.5 Å². The average Bonchev–Trinajstić information content (AvgIpc) is 1.56. The molecular formula is C2H7NO6P2.